The molecule has 1 aliphatic carbocycles. The van der Waals surface area contributed by atoms with Crippen LogP contribution in [0.25, 0.3) is 34.0 Å². The van der Waals surface area contributed by atoms with Crippen LogP contribution in [0.4, 0.5) is 0 Å². The summed E-state index contributed by atoms with van der Waals surface area (Å²) in [6.45, 7) is 0. The number of hydrogen-bond acceptors (Lipinski definition) is 8. The van der Waals surface area contributed by atoms with E-state index in [0.29, 0.717) is 17.3 Å². The van der Waals surface area contributed by atoms with Crippen molar-refractivity contribution in [3.63, 3.8) is 0 Å². The van der Waals surface area contributed by atoms with Gasteiger partial charge in [0.2, 0.25) is 5.89 Å². The molecule has 1 fully saturated rings. The molecule has 2 aromatic carbocycles. The lowest BCUT2D eigenvalue weighted by atomic mass is 9.92. The highest BCUT2D eigenvalue weighted by Crippen LogP contribution is 2.57. The van der Waals surface area contributed by atoms with Gasteiger partial charge in [0.25, 0.3) is 5.89 Å². The second-order valence-electron chi connectivity index (χ2n) is 8.01. The van der Waals surface area contributed by atoms with Crippen LogP contribution in [0.15, 0.2) is 81.9 Å². The summed E-state index contributed by atoms with van der Waals surface area (Å²) in [5, 5.41) is 32.6. The van der Waals surface area contributed by atoms with E-state index in [0.717, 1.165) is 29.5 Å². The molecule has 3 aromatic heterocycles. The molecule has 0 aliphatic heterocycles. The van der Waals surface area contributed by atoms with E-state index in [1.165, 1.54) is 6.07 Å². The molecular weight excluding hydrogens is 420 g/mol. The van der Waals surface area contributed by atoms with Crippen LogP contribution in [-0.2, 0) is 5.41 Å². The Balaban J connectivity index is 1.49. The molecule has 0 spiro atoms. The Morgan fingerprint density at radius 1 is 0.788 bits per heavy atom. The van der Waals surface area contributed by atoms with Crippen molar-refractivity contribution in [2.45, 2.75) is 18.3 Å². The summed E-state index contributed by atoms with van der Waals surface area (Å²) in [6, 6.07) is 19.9. The first-order valence-corrected chi connectivity index (χ1v) is 10.5. The molecule has 33 heavy (non-hydrogen) atoms. The van der Waals surface area contributed by atoms with Crippen LogP contribution in [0.1, 0.15) is 24.5 Å². The van der Waals surface area contributed by atoms with E-state index in [2.05, 4.69) is 20.3 Å². The van der Waals surface area contributed by atoms with Crippen molar-refractivity contribution < 1.29 is 19.2 Å². The van der Waals surface area contributed by atoms with E-state index in [1.54, 1.807) is 36.5 Å². The van der Waals surface area contributed by atoms with Gasteiger partial charge in [0.05, 0.1) is 5.56 Å². The van der Waals surface area contributed by atoms with E-state index in [-0.39, 0.29) is 23.1 Å². The zero-order chi connectivity index (χ0) is 22.4. The molecule has 0 amide bonds. The lowest BCUT2D eigenvalue weighted by Crippen LogP contribution is -2.09. The molecule has 8 nitrogen and oxygen atoms in total. The average molecular weight is 438 g/mol. The van der Waals surface area contributed by atoms with Gasteiger partial charge in [-0.3, -0.25) is 0 Å². The van der Waals surface area contributed by atoms with Crippen molar-refractivity contribution in [2.75, 3.05) is 0 Å². The highest BCUT2D eigenvalue weighted by molar-refractivity contribution is 5.83. The number of aromatic hydroxyl groups is 2. The molecule has 0 radical (unpaired) electrons. The van der Waals surface area contributed by atoms with E-state index in [1.807, 2.05) is 30.3 Å². The molecule has 6 rings (SSSR count). The molecule has 0 bridgehead atoms. The van der Waals surface area contributed by atoms with Crippen LogP contribution in [0.3, 0.4) is 0 Å². The van der Waals surface area contributed by atoms with Gasteiger partial charge in [0.15, 0.2) is 11.5 Å². The quantitative estimate of drug-likeness (QED) is 0.396. The van der Waals surface area contributed by atoms with Crippen LogP contribution < -0.4 is 0 Å². The predicted molar refractivity (Wildman–Crippen MR) is 118 cm³/mol. The SMILES string of the molecule is Oc1ccc(-c2noc(C3(c4nnc(-c5ncccc5O)o4)CC3)c2-c2ccccc2)cc1. The second kappa shape index (κ2) is 7.30. The largest absolute Gasteiger partial charge is 0.508 e. The van der Waals surface area contributed by atoms with Crippen LogP contribution in [0, 0.1) is 0 Å². The number of aromatic nitrogens is 4. The summed E-state index contributed by atoms with van der Waals surface area (Å²) in [5.74, 6) is 1.34. The topological polar surface area (TPSA) is 118 Å². The summed E-state index contributed by atoms with van der Waals surface area (Å²) in [5.41, 5.74) is 2.91. The first-order chi connectivity index (χ1) is 16.2. The van der Waals surface area contributed by atoms with Gasteiger partial charge in [0, 0.05) is 11.8 Å². The first-order valence-electron chi connectivity index (χ1n) is 10.5. The van der Waals surface area contributed by atoms with Gasteiger partial charge in [0.1, 0.15) is 22.6 Å². The molecule has 2 N–H and O–H groups in total. The van der Waals surface area contributed by atoms with Crippen LogP contribution in [0.5, 0.6) is 11.5 Å². The molecule has 1 saturated carbocycles. The minimum absolute atomic E-state index is 0.0307. The highest BCUT2D eigenvalue weighted by atomic mass is 16.5. The predicted octanol–water partition coefficient (Wildman–Crippen LogP) is 4.94. The first kappa shape index (κ1) is 19.2. The Morgan fingerprint density at radius 2 is 1.58 bits per heavy atom. The van der Waals surface area contributed by atoms with Gasteiger partial charge in [-0.1, -0.05) is 35.5 Å². The van der Waals surface area contributed by atoms with Crippen LogP contribution in [-0.4, -0.2) is 30.6 Å². The monoisotopic (exact) mass is 438 g/mol. The number of nitrogens with zero attached hydrogens (tertiary/aromatic N) is 4. The maximum Gasteiger partial charge on any atom is 0.270 e. The number of phenols is 1. The summed E-state index contributed by atoms with van der Waals surface area (Å²) in [4.78, 5) is 4.15. The third-order valence-electron chi connectivity index (χ3n) is 5.90. The van der Waals surface area contributed by atoms with Gasteiger partial charge in [-0.2, -0.15) is 0 Å². The zero-order valence-corrected chi connectivity index (χ0v) is 17.3. The third kappa shape index (κ3) is 3.15. The summed E-state index contributed by atoms with van der Waals surface area (Å²) < 4.78 is 11.9. The standard InChI is InChI=1S/C25H18N4O4/c30-17-10-8-16(9-11-17)20-19(15-5-2-1-3-6-15)22(33-29-20)25(12-13-25)24-28-27-23(32-24)21-18(31)7-4-14-26-21/h1-11,14,30-31H,12-13H2. The Labute approximate surface area is 188 Å². The van der Waals surface area contributed by atoms with Crippen molar-refractivity contribution in [3.05, 3.63) is 84.6 Å². The Kier molecular flexibility index (Phi) is 4.26. The minimum Gasteiger partial charge on any atom is -0.508 e. The number of hydrogen-bond donors (Lipinski definition) is 2. The normalized spacial score (nSPS) is 14.3. The van der Waals surface area contributed by atoms with Gasteiger partial charge in [-0.05, 0) is 54.8 Å². The minimum atomic E-state index is -0.608. The van der Waals surface area contributed by atoms with Crippen molar-refractivity contribution in [1.29, 1.82) is 0 Å². The zero-order valence-electron chi connectivity index (χ0n) is 17.3. The van der Waals surface area contributed by atoms with Crippen molar-refractivity contribution in [3.8, 4) is 45.5 Å². The van der Waals surface area contributed by atoms with E-state index in [4.69, 9.17) is 8.94 Å². The van der Waals surface area contributed by atoms with E-state index < -0.39 is 5.41 Å². The number of phenolic OH excluding ortho intramolecular Hbond substituents is 1. The van der Waals surface area contributed by atoms with Gasteiger partial charge in [-0.25, -0.2) is 4.98 Å². The highest BCUT2D eigenvalue weighted by Gasteiger charge is 2.56. The lowest BCUT2D eigenvalue weighted by molar-refractivity contribution is 0.345. The third-order valence-corrected chi connectivity index (χ3v) is 5.90. The van der Waals surface area contributed by atoms with Crippen molar-refractivity contribution in [1.82, 2.24) is 20.3 Å². The van der Waals surface area contributed by atoms with E-state index in [9.17, 15) is 10.2 Å². The van der Waals surface area contributed by atoms with Crippen molar-refractivity contribution in [2.24, 2.45) is 0 Å². The molecular formula is C25H18N4O4. The summed E-state index contributed by atoms with van der Waals surface area (Å²) in [7, 11) is 0. The van der Waals surface area contributed by atoms with Gasteiger partial charge < -0.3 is 19.2 Å². The molecule has 0 unspecified atom stereocenters. The number of benzene rings is 2. The molecule has 3 heterocycles. The molecule has 162 valence electrons. The maximum absolute atomic E-state index is 10.1. The fourth-order valence-corrected chi connectivity index (χ4v) is 4.04. The molecule has 5 aromatic rings. The van der Waals surface area contributed by atoms with Crippen molar-refractivity contribution >= 4 is 0 Å². The molecule has 1 aliphatic rings. The maximum atomic E-state index is 10.1. The van der Waals surface area contributed by atoms with Crippen LogP contribution >= 0.6 is 0 Å². The molecule has 8 heteroatoms. The van der Waals surface area contributed by atoms with Gasteiger partial charge in [-0.15, -0.1) is 10.2 Å². The smallest absolute Gasteiger partial charge is 0.270 e. The summed E-state index contributed by atoms with van der Waals surface area (Å²) in [6.07, 6.45) is 3.07. The fourth-order valence-electron chi connectivity index (χ4n) is 4.04. The average Bonchev–Trinajstić information content (AvgIpc) is 3.28. The van der Waals surface area contributed by atoms with E-state index >= 15 is 0 Å². The number of rotatable bonds is 5. The lowest BCUT2D eigenvalue weighted by Gasteiger charge is -2.10. The fraction of sp³-hybridized carbons (Fsp3) is 0.120. The Hall–Kier alpha value is -4.46. The summed E-state index contributed by atoms with van der Waals surface area (Å²) >= 11 is 0. The number of pyridine rings is 1. The second-order valence-corrected chi connectivity index (χ2v) is 8.01. The Morgan fingerprint density at radius 3 is 2.30 bits per heavy atom. The van der Waals surface area contributed by atoms with Crippen LogP contribution in [0.2, 0.25) is 0 Å². The Bertz CT molecular complexity index is 1440. The molecule has 0 saturated heterocycles. The van der Waals surface area contributed by atoms with Gasteiger partial charge >= 0.3 is 0 Å². The molecule has 0 atom stereocenters.